The van der Waals surface area contributed by atoms with Gasteiger partial charge in [-0.05, 0) is 55.3 Å². The number of hydrogen-bond donors (Lipinski definition) is 4. The van der Waals surface area contributed by atoms with E-state index < -0.39 is 27.3 Å². The summed E-state index contributed by atoms with van der Waals surface area (Å²) in [6.07, 6.45) is 2.87. The van der Waals surface area contributed by atoms with Gasteiger partial charge >= 0.3 is 0 Å². The quantitative estimate of drug-likeness (QED) is 0.429. The highest BCUT2D eigenvalue weighted by Gasteiger charge is 2.28. The third kappa shape index (κ3) is 4.61. The summed E-state index contributed by atoms with van der Waals surface area (Å²) in [5.74, 6) is -1.49. The van der Waals surface area contributed by atoms with E-state index in [4.69, 9.17) is 11.6 Å². The molecule has 1 saturated carbocycles. The summed E-state index contributed by atoms with van der Waals surface area (Å²) in [6.45, 7) is 0. The highest BCUT2D eigenvalue weighted by molar-refractivity contribution is 7.89. The topological polar surface area (TPSA) is 137 Å². The molecule has 160 valence electrons. The van der Waals surface area contributed by atoms with Crippen molar-refractivity contribution in [3.63, 3.8) is 0 Å². The number of hydrogen-bond acceptors (Lipinski definition) is 5. The number of halogens is 1. The standard InChI is InChI=1S/C20H17ClN4O5S/c21-12-3-8-17-15(9-12)18(26)16(10-22-17)20(28)24-23-19(27)11-1-6-14(7-2-11)31(29,30)25-13-4-5-13/h1-3,6-10,13,25H,4-5H2,(H,22,26)(H,23,27)(H,24,28). The Hall–Kier alpha value is -3.21. The molecule has 2 amide bonds. The molecule has 0 unspecified atom stereocenters. The van der Waals surface area contributed by atoms with Gasteiger partial charge in [0.25, 0.3) is 11.8 Å². The predicted octanol–water partition coefficient (Wildman–Crippen LogP) is 1.70. The van der Waals surface area contributed by atoms with E-state index in [0.29, 0.717) is 10.5 Å². The van der Waals surface area contributed by atoms with Crippen LogP contribution in [0.4, 0.5) is 0 Å². The maximum absolute atomic E-state index is 12.5. The summed E-state index contributed by atoms with van der Waals surface area (Å²) < 4.78 is 26.9. The van der Waals surface area contributed by atoms with Crippen molar-refractivity contribution in [3.05, 3.63) is 75.0 Å². The lowest BCUT2D eigenvalue weighted by atomic mass is 10.1. The fourth-order valence-electron chi connectivity index (χ4n) is 2.89. The zero-order chi connectivity index (χ0) is 22.2. The number of rotatable bonds is 5. The van der Waals surface area contributed by atoms with Gasteiger partial charge in [0.1, 0.15) is 5.56 Å². The molecule has 1 aromatic heterocycles. The third-order valence-electron chi connectivity index (χ3n) is 4.70. The normalized spacial score (nSPS) is 13.7. The molecule has 31 heavy (non-hydrogen) atoms. The summed E-state index contributed by atoms with van der Waals surface area (Å²) in [7, 11) is -3.63. The van der Waals surface area contributed by atoms with Crippen LogP contribution in [0.25, 0.3) is 10.9 Å². The Balaban J connectivity index is 1.44. The predicted molar refractivity (Wildman–Crippen MR) is 114 cm³/mol. The van der Waals surface area contributed by atoms with Gasteiger partial charge in [-0.3, -0.25) is 25.2 Å². The molecule has 1 heterocycles. The van der Waals surface area contributed by atoms with Crippen molar-refractivity contribution in [2.24, 2.45) is 0 Å². The number of aromatic nitrogens is 1. The maximum atomic E-state index is 12.5. The molecule has 0 spiro atoms. The lowest BCUT2D eigenvalue weighted by Gasteiger charge is -2.09. The van der Waals surface area contributed by atoms with E-state index in [9.17, 15) is 22.8 Å². The summed E-state index contributed by atoms with van der Waals surface area (Å²) in [5.41, 5.74) is 4.27. The molecule has 0 radical (unpaired) electrons. The van der Waals surface area contributed by atoms with Crippen LogP contribution >= 0.6 is 11.6 Å². The van der Waals surface area contributed by atoms with Crippen LogP contribution in [0.2, 0.25) is 5.02 Å². The molecule has 0 saturated heterocycles. The monoisotopic (exact) mass is 460 g/mol. The summed E-state index contributed by atoms with van der Waals surface area (Å²) >= 11 is 5.91. The molecule has 9 nitrogen and oxygen atoms in total. The average Bonchev–Trinajstić information content (AvgIpc) is 3.56. The molecular weight excluding hydrogens is 444 g/mol. The van der Waals surface area contributed by atoms with Gasteiger partial charge in [-0.2, -0.15) is 0 Å². The Morgan fingerprint density at radius 3 is 2.35 bits per heavy atom. The van der Waals surface area contributed by atoms with Crippen LogP contribution in [-0.4, -0.2) is 31.3 Å². The Morgan fingerprint density at radius 2 is 1.68 bits per heavy atom. The number of nitrogens with one attached hydrogen (secondary N) is 4. The summed E-state index contributed by atoms with van der Waals surface area (Å²) in [6, 6.07) is 9.90. The molecule has 1 aliphatic rings. The first-order valence-electron chi connectivity index (χ1n) is 9.28. The van der Waals surface area contributed by atoms with Crippen LogP contribution in [0.3, 0.4) is 0 Å². The number of fused-ring (bicyclic) bond motifs is 1. The van der Waals surface area contributed by atoms with Gasteiger partial charge in [0.2, 0.25) is 15.5 Å². The van der Waals surface area contributed by atoms with Crippen LogP contribution in [0.1, 0.15) is 33.6 Å². The van der Waals surface area contributed by atoms with Gasteiger partial charge in [0, 0.05) is 33.7 Å². The minimum atomic E-state index is -3.63. The zero-order valence-corrected chi connectivity index (χ0v) is 17.5. The van der Waals surface area contributed by atoms with Crippen LogP contribution in [0.5, 0.6) is 0 Å². The van der Waals surface area contributed by atoms with Gasteiger partial charge in [-0.15, -0.1) is 0 Å². The molecule has 4 N–H and O–H groups in total. The average molecular weight is 461 g/mol. The molecule has 3 aromatic rings. The molecule has 1 fully saturated rings. The van der Waals surface area contributed by atoms with E-state index in [2.05, 4.69) is 20.6 Å². The fraction of sp³-hybridized carbons (Fsp3) is 0.150. The van der Waals surface area contributed by atoms with E-state index in [-0.39, 0.29) is 27.5 Å². The number of hydrazine groups is 1. The van der Waals surface area contributed by atoms with Crippen molar-refractivity contribution < 1.29 is 18.0 Å². The third-order valence-corrected chi connectivity index (χ3v) is 6.47. The van der Waals surface area contributed by atoms with E-state index in [1.165, 1.54) is 36.5 Å². The molecule has 11 heteroatoms. The van der Waals surface area contributed by atoms with Gasteiger partial charge < -0.3 is 4.98 Å². The van der Waals surface area contributed by atoms with Crippen molar-refractivity contribution in [2.75, 3.05) is 0 Å². The summed E-state index contributed by atoms with van der Waals surface area (Å²) in [4.78, 5) is 40.0. The smallest absolute Gasteiger partial charge is 0.275 e. The first kappa shape index (κ1) is 21.0. The van der Waals surface area contributed by atoms with Gasteiger partial charge in [0.15, 0.2) is 0 Å². The number of H-pyrrole nitrogens is 1. The number of amides is 2. The van der Waals surface area contributed by atoms with Crippen LogP contribution in [-0.2, 0) is 10.0 Å². The summed E-state index contributed by atoms with van der Waals surface area (Å²) in [5, 5.41) is 0.588. The van der Waals surface area contributed by atoms with Crippen molar-refractivity contribution in [3.8, 4) is 0 Å². The molecule has 4 rings (SSSR count). The Labute approximate surface area is 181 Å². The number of aromatic amines is 1. The zero-order valence-electron chi connectivity index (χ0n) is 15.9. The number of pyridine rings is 1. The second-order valence-electron chi connectivity index (χ2n) is 7.05. The largest absolute Gasteiger partial charge is 0.360 e. The molecule has 1 aliphatic carbocycles. The van der Waals surface area contributed by atoms with Crippen molar-refractivity contribution in [1.82, 2.24) is 20.6 Å². The molecule has 0 aliphatic heterocycles. The number of carbonyl (C=O) groups is 2. The molecular formula is C20H17ClN4O5S. The molecule has 0 atom stereocenters. The van der Waals surface area contributed by atoms with Crippen LogP contribution in [0, 0.1) is 0 Å². The number of carbonyl (C=O) groups excluding carboxylic acids is 2. The van der Waals surface area contributed by atoms with Crippen molar-refractivity contribution in [1.29, 1.82) is 0 Å². The Morgan fingerprint density at radius 1 is 1.00 bits per heavy atom. The molecule has 0 bridgehead atoms. The second kappa shape index (κ2) is 8.14. The highest BCUT2D eigenvalue weighted by atomic mass is 35.5. The lowest BCUT2D eigenvalue weighted by molar-refractivity contribution is 0.0846. The Kier molecular flexibility index (Phi) is 5.52. The van der Waals surface area contributed by atoms with Crippen molar-refractivity contribution in [2.45, 2.75) is 23.8 Å². The SMILES string of the molecule is O=C(NNC(=O)c1c[nH]c2ccc(Cl)cc2c1=O)c1ccc(S(=O)(=O)NC2CC2)cc1. The van der Waals surface area contributed by atoms with Crippen LogP contribution < -0.4 is 21.0 Å². The second-order valence-corrected chi connectivity index (χ2v) is 9.20. The van der Waals surface area contributed by atoms with Crippen LogP contribution in [0.15, 0.2) is 58.4 Å². The van der Waals surface area contributed by atoms with Gasteiger partial charge in [-0.25, -0.2) is 13.1 Å². The lowest BCUT2D eigenvalue weighted by Crippen LogP contribution is -2.43. The van der Waals surface area contributed by atoms with E-state index in [0.717, 1.165) is 12.8 Å². The van der Waals surface area contributed by atoms with E-state index >= 15 is 0 Å². The maximum Gasteiger partial charge on any atom is 0.275 e. The molecule has 2 aromatic carbocycles. The first-order valence-corrected chi connectivity index (χ1v) is 11.1. The number of sulfonamides is 1. The van der Waals surface area contributed by atoms with E-state index in [1.807, 2.05) is 0 Å². The highest BCUT2D eigenvalue weighted by Crippen LogP contribution is 2.22. The first-order chi connectivity index (χ1) is 14.7. The van der Waals surface area contributed by atoms with Crippen molar-refractivity contribution >= 4 is 44.3 Å². The van der Waals surface area contributed by atoms with E-state index in [1.54, 1.807) is 12.1 Å². The number of benzene rings is 2. The Bertz CT molecular complexity index is 1350. The minimum absolute atomic E-state index is 0.0301. The van der Waals surface area contributed by atoms with Gasteiger partial charge in [-0.1, -0.05) is 11.6 Å². The minimum Gasteiger partial charge on any atom is -0.360 e. The fourth-order valence-corrected chi connectivity index (χ4v) is 4.36. The van der Waals surface area contributed by atoms with Gasteiger partial charge in [0.05, 0.1) is 4.90 Å².